The number of hydrogen-bond acceptors (Lipinski definition) is 3. The summed E-state index contributed by atoms with van der Waals surface area (Å²) in [6.45, 7) is 0.883. The summed E-state index contributed by atoms with van der Waals surface area (Å²) in [6.07, 6.45) is -3.75. The van der Waals surface area contributed by atoms with Crippen LogP contribution in [-0.2, 0) is 4.74 Å². The molecule has 0 spiro atoms. The minimum absolute atomic E-state index is 0.00584. The van der Waals surface area contributed by atoms with Crippen molar-refractivity contribution in [3.05, 3.63) is 20.3 Å². The lowest BCUT2D eigenvalue weighted by molar-refractivity contribution is -0.174. The molecular weight excluding hydrogens is 331 g/mol. The van der Waals surface area contributed by atoms with Crippen LogP contribution in [0.15, 0.2) is 10.5 Å². The van der Waals surface area contributed by atoms with Gasteiger partial charge in [-0.05, 0) is 42.4 Å². The highest BCUT2D eigenvalue weighted by atomic mass is 79.9. The van der Waals surface area contributed by atoms with Crippen molar-refractivity contribution in [3.8, 4) is 0 Å². The van der Waals surface area contributed by atoms with Gasteiger partial charge in [0.15, 0.2) is 0 Å². The van der Waals surface area contributed by atoms with Crippen LogP contribution in [0.1, 0.15) is 22.2 Å². The van der Waals surface area contributed by atoms with Gasteiger partial charge in [0.25, 0.3) is 0 Å². The van der Waals surface area contributed by atoms with Crippen molar-refractivity contribution in [1.82, 2.24) is 5.32 Å². The van der Waals surface area contributed by atoms with Gasteiger partial charge in [-0.1, -0.05) is 0 Å². The molecule has 0 aliphatic heterocycles. The molecular formula is C11H15BrF3NOS. The van der Waals surface area contributed by atoms with Crippen LogP contribution in [0.5, 0.6) is 0 Å². The number of alkyl halides is 3. The van der Waals surface area contributed by atoms with Gasteiger partial charge in [-0.3, -0.25) is 0 Å². The van der Waals surface area contributed by atoms with Gasteiger partial charge in [-0.2, -0.15) is 13.2 Å². The largest absolute Gasteiger partial charge is 0.411 e. The average Bonchev–Trinajstić information content (AvgIpc) is 2.56. The lowest BCUT2D eigenvalue weighted by Crippen LogP contribution is -2.21. The number of nitrogens with one attached hydrogen (secondary N) is 1. The molecule has 1 heterocycles. The van der Waals surface area contributed by atoms with E-state index < -0.39 is 12.8 Å². The molecule has 7 heteroatoms. The fourth-order valence-electron chi connectivity index (χ4n) is 1.53. The Morgan fingerprint density at radius 3 is 2.61 bits per heavy atom. The maximum atomic E-state index is 11.9. The first-order chi connectivity index (χ1) is 8.33. The van der Waals surface area contributed by atoms with Gasteiger partial charge >= 0.3 is 6.18 Å². The van der Waals surface area contributed by atoms with Crippen LogP contribution < -0.4 is 5.32 Å². The van der Waals surface area contributed by atoms with E-state index in [1.54, 1.807) is 18.4 Å². The summed E-state index contributed by atoms with van der Waals surface area (Å²) >= 11 is 5.07. The second kappa shape index (κ2) is 6.88. The number of aryl methyl sites for hydroxylation is 1. The molecule has 104 valence electrons. The van der Waals surface area contributed by atoms with Gasteiger partial charge in [0.05, 0.1) is 0 Å². The molecule has 0 aliphatic carbocycles. The smallest absolute Gasteiger partial charge is 0.372 e. The van der Waals surface area contributed by atoms with E-state index in [0.717, 1.165) is 14.2 Å². The first-order valence-electron chi connectivity index (χ1n) is 5.41. The maximum Gasteiger partial charge on any atom is 0.411 e. The monoisotopic (exact) mass is 345 g/mol. The van der Waals surface area contributed by atoms with Crippen molar-refractivity contribution >= 4 is 27.3 Å². The summed E-state index contributed by atoms with van der Waals surface area (Å²) in [7, 11) is 1.79. The molecule has 0 bridgehead atoms. The van der Waals surface area contributed by atoms with Gasteiger partial charge in [-0.25, -0.2) is 0 Å². The zero-order chi connectivity index (χ0) is 13.8. The second-order valence-electron chi connectivity index (χ2n) is 3.87. The van der Waals surface area contributed by atoms with Gasteiger partial charge in [0, 0.05) is 26.9 Å². The number of thiophene rings is 1. The zero-order valence-corrected chi connectivity index (χ0v) is 12.5. The fourth-order valence-corrected chi connectivity index (χ4v) is 3.61. The molecule has 0 radical (unpaired) electrons. The molecule has 0 aliphatic rings. The van der Waals surface area contributed by atoms with E-state index >= 15 is 0 Å². The molecule has 1 rings (SSSR count). The van der Waals surface area contributed by atoms with E-state index in [2.05, 4.69) is 26.0 Å². The predicted molar refractivity (Wildman–Crippen MR) is 70.0 cm³/mol. The van der Waals surface area contributed by atoms with Crippen LogP contribution in [0.25, 0.3) is 0 Å². The summed E-state index contributed by atoms with van der Waals surface area (Å²) in [4.78, 5) is 2.25. The van der Waals surface area contributed by atoms with E-state index in [-0.39, 0.29) is 12.6 Å². The van der Waals surface area contributed by atoms with Crippen molar-refractivity contribution in [2.24, 2.45) is 0 Å². The third kappa shape index (κ3) is 5.26. The lowest BCUT2D eigenvalue weighted by atomic mass is 10.2. The molecule has 1 atom stereocenters. The van der Waals surface area contributed by atoms with E-state index in [0.29, 0.717) is 6.42 Å². The van der Waals surface area contributed by atoms with Crippen LogP contribution in [0.4, 0.5) is 13.2 Å². The highest BCUT2D eigenvalue weighted by Crippen LogP contribution is 2.33. The van der Waals surface area contributed by atoms with Crippen LogP contribution >= 0.6 is 27.3 Å². The Kier molecular flexibility index (Phi) is 6.10. The molecule has 1 unspecified atom stereocenters. The standard InChI is InChI=1S/C11H15BrF3NOS/c1-7-5-8(12)10(18-7)9(16-2)3-4-17-6-11(13,14)15/h5,9,16H,3-4,6H2,1-2H3. The van der Waals surface area contributed by atoms with E-state index in [9.17, 15) is 13.2 Å². The Morgan fingerprint density at radius 2 is 2.17 bits per heavy atom. The predicted octanol–water partition coefficient (Wildman–Crippen LogP) is 4.05. The van der Waals surface area contributed by atoms with Crippen molar-refractivity contribution in [2.75, 3.05) is 20.3 Å². The molecule has 0 saturated heterocycles. The summed E-state index contributed by atoms with van der Waals surface area (Å²) in [5.74, 6) is 0. The van der Waals surface area contributed by atoms with Gasteiger partial charge in [-0.15, -0.1) is 11.3 Å². The molecule has 18 heavy (non-hydrogen) atoms. The SMILES string of the molecule is CNC(CCOCC(F)(F)F)c1sc(C)cc1Br. The number of halogens is 4. The molecule has 0 fully saturated rings. The number of rotatable bonds is 6. The summed E-state index contributed by atoms with van der Waals surface area (Å²) < 4.78 is 41.3. The first-order valence-corrected chi connectivity index (χ1v) is 7.02. The Labute approximate surface area is 117 Å². The number of ether oxygens (including phenoxy) is 1. The van der Waals surface area contributed by atoms with Gasteiger partial charge in [0.2, 0.25) is 0 Å². The third-order valence-electron chi connectivity index (χ3n) is 2.32. The Bertz CT molecular complexity index is 381. The first kappa shape index (κ1) is 15.9. The minimum atomic E-state index is -4.25. The quantitative estimate of drug-likeness (QED) is 0.785. The molecule has 1 aromatic heterocycles. The number of hydrogen-bond donors (Lipinski definition) is 1. The van der Waals surface area contributed by atoms with Crippen molar-refractivity contribution in [3.63, 3.8) is 0 Å². The highest BCUT2D eigenvalue weighted by molar-refractivity contribution is 9.10. The van der Waals surface area contributed by atoms with Gasteiger partial charge in [0.1, 0.15) is 6.61 Å². The summed E-state index contributed by atoms with van der Waals surface area (Å²) in [5, 5.41) is 3.09. The van der Waals surface area contributed by atoms with E-state index in [1.165, 1.54) is 0 Å². The topological polar surface area (TPSA) is 21.3 Å². The van der Waals surface area contributed by atoms with E-state index in [1.807, 2.05) is 13.0 Å². The maximum absolute atomic E-state index is 11.9. The summed E-state index contributed by atoms with van der Waals surface area (Å²) in [5.41, 5.74) is 0. The van der Waals surface area contributed by atoms with E-state index in [4.69, 9.17) is 0 Å². The Hall–Kier alpha value is -0.110. The zero-order valence-electron chi connectivity index (χ0n) is 10.1. The fraction of sp³-hybridized carbons (Fsp3) is 0.636. The lowest BCUT2D eigenvalue weighted by Gasteiger charge is -2.16. The molecule has 0 amide bonds. The molecule has 0 saturated carbocycles. The molecule has 0 aromatic carbocycles. The Morgan fingerprint density at radius 1 is 1.50 bits per heavy atom. The van der Waals surface area contributed by atoms with Crippen molar-refractivity contribution < 1.29 is 17.9 Å². The third-order valence-corrected chi connectivity index (χ3v) is 4.40. The second-order valence-corrected chi connectivity index (χ2v) is 6.01. The average molecular weight is 346 g/mol. The minimum Gasteiger partial charge on any atom is -0.372 e. The highest BCUT2D eigenvalue weighted by Gasteiger charge is 2.27. The van der Waals surface area contributed by atoms with Crippen LogP contribution in [0.2, 0.25) is 0 Å². The molecule has 2 nitrogen and oxygen atoms in total. The molecule has 1 aromatic rings. The van der Waals surface area contributed by atoms with Crippen LogP contribution in [0, 0.1) is 6.92 Å². The normalized spacial score (nSPS) is 13.9. The van der Waals surface area contributed by atoms with Crippen molar-refractivity contribution in [1.29, 1.82) is 0 Å². The van der Waals surface area contributed by atoms with Crippen LogP contribution in [-0.4, -0.2) is 26.4 Å². The van der Waals surface area contributed by atoms with Crippen LogP contribution in [0.3, 0.4) is 0 Å². The Balaban J connectivity index is 2.46. The van der Waals surface area contributed by atoms with Gasteiger partial charge < -0.3 is 10.1 Å². The van der Waals surface area contributed by atoms with Crippen molar-refractivity contribution in [2.45, 2.75) is 25.6 Å². The molecule has 1 N–H and O–H groups in total. The summed E-state index contributed by atoms with van der Waals surface area (Å²) in [6, 6.07) is 2.01.